The highest BCUT2D eigenvalue weighted by atomic mass is 16.2. The van der Waals surface area contributed by atoms with Crippen molar-refractivity contribution >= 4 is 5.91 Å². The predicted octanol–water partition coefficient (Wildman–Crippen LogP) is 2.67. The number of hydrogen-bond acceptors (Lipinski definition) is 1. The van der Waals surface area contributed by atoms with Crippen molar-refractivity contribution in [1.82, 2.24) is 5.32 Å². The molecule has 0 saturated heterocycles. The molecule has 2 nitrogen and oxygen atoms in total. The van der Waals surface area contributed by atoms with Crippen molar-refractivity contribution in [3.05, 3.63) is 24.8 Å². The van der Waals surface area contributed by atoms with Gasteiger partial charge in [-0.25, -0.2) is 0 Å². The van der Waals surface area contributed by atoms with Crippen LogP contribution in [0, 0.1) is 16.7 Å². The lowest BCUT2D eigenvalue weighted by atomic mass is 9.68. The molecule has 0 heterocycles. The lowest BCUT2D eigenvalue weighted by Crippen LogP contribution is -2.41. The molecule has 2 atom stereocenters. The zero-order valence-electron chi connectivity index (χ0n) is 10.3. The first kappa shape index (κ1) is 11.4. The molecule has 2 heteroatoms. The molecule has 1 amide bonds. The second-order valence-electron chi connectivity index (χ2n) is 5.72. The highest BCUT2D eigenvalue weighted by Gasteiger charge is 2.60. The Kier molecular flexibility index (Phi) is 2.48. The van der Waals surface area contributed by atoms with Gasteiger partial charge < -0.3 is 5.32 Å². The number of nitrogens with one attached hydrogen (secondary N) is 1. The van der Waals surface area contributed by atoms with Crippen LogP contribution >= 0.6 is 0 Å². The fourth-order valence-corrected chi connectivity index (χ4v) is 3.48. The maximum atomic E-state index is 12.3. The van der Waals surface area contributed by atoms with Crippen molar-refractivity contribution in [2.45, 2.75) is 33.1 Å². The molecule has 2 aliphatic carbocycles. The van der Waals surface area contributed by atoms with E-state index in [9.17, 15) is 4.79 Å². The van der Waals surface area contributed by atoms with E-state index in [0.717, 1.165) is 24.8 Å². The molecular formula is C14H21NO. The van der Waals surface area contributed by atoms with E-state index in [1.165, 1.54) is 0 Å². The van der Waals surface area contributed by atoms with Gasteiger partial charge in [0.05, 0.1) is 5.41 Å². The van der Waals surface area contributed by atoms with E-state index in [4.69, 9.17) is 0 Å². The number of fused-ring (bicyclic) bond motifs is 2. The number of hydrogen-bond donors (Lipinski definition) is 1. The average Bonchev–Trinajstić information content (AvgIpc) is 2.76. The maximum Gasteiger partial charge on any atom is 0.230 e. The highest BCUT2D eigenvalue weighted by molar-refractivity contribution is 5.87. The Labute approximate surface area is 97.8 Å². The summed E-state index contributed by atoms with van der Waals surface area (Å²) in [5, 5.41) is 2.94. The van der Waals surface area contributed by atoms with Crippen molar-refractivity contribution in [3.63, 3.8) is 0 Å². The molecule has 0 unspecified atom stereocenters. The minimum Gasteiger partial charge on any atom is -0.352 e. The Hall–Kier alpha value is -1.05. The van der Waals surface area contributed by atoms with E-state index >= 15 is 0 Å². The van der Waals surface area contributed by atoms with Gasteiger partial charge in [-0.15, -0.1) is 6.58 Å². The molecule has 0 aromatic rings. The average molecular weight is 219 g/mol. The van der Waals surface area contributed by atoms with Gasteiger partial charge in [0, 0.05) is 6.54 Å². The molecule has 0 aromatic heterocycles. The quantitative estimate of drug-likeness (QED) is 0.726. The first-order chi connectivity index (χ1) is 7.45. The molecule has 0 spiro atoms. The summed E-state index contributed by atoms with van der Waals surface area (Å²) in [5.41, 5.74) is 0.985. The standard InChI is InChI=1S/C14H21NO/c1-5-8-15-12(16)14-7-6-11(9-14)13(3,4)10(14)2/h5,11H,1-2,6-9H2,3-4H3,(H,15,16)/t11-,14-/m1/s1. The fourth-order valence-electron chi connectivity index (χ4n) is 3.48. The third-order valence-corrected chi connectivity index (χ3v) is 4.73. The summed E-state index contributed by atoms with van der Waals surface area (Å²) in [7, 11) is 0. The predicted molar refractivity (Wildman–Crippen MR) is 65.9 cm³/mol. The van der Waals surface area contributed by atoms with E-state index in [1.54, 1.807) is 6.08 Å². The zero-order valence-corrected chi connectivity index (χ0v) is 10.3. The summed E-state index contributed by atoms with van der Waals surface area (Å²) in [6.07, 6.45) is 4.85. The van der Waals surface area contributed by atoms with Crippen LogP contribution in [0.5, 0.6) is 0 Å². The van der Waals surface area contributed by atoms with Gasteiger partial charge in [0.1, 0.15) is 0 Å². The van der Waals surface area contributed by atoms with Crippen molar-refractivity contribution in [1.29, 1.82) is 0 Å². The topological polar surface area (TPSA) is 29.1 Å². The molecule has 0 aliphatic heterocycles. The Morgan fingerprint density at radius 1 is 1.62 bits per heavy atom. The molecule has 2 bridgehead atoms. The highest BCUT2D eigenvalue weighted by Crippen LogP contribution is 2.65. The van der Waals surface area contributed by atoms with Crippen LogP contribution in [-0.4, -0.2) is 12.5 Å². The lowest BCUT2D eigenvalue weighted by Gasteiger charge is -2.37. The van der Waals surface area contributed by atoms with Gasteiger partial charge in [-0.05, 0) is 30.6 Å². The van der Waals surface area contributed by atoms with Crippen LogP contribution in [0.25, 0.3) is 0 Å². The van der Waals surface area contributed by atoms with E-state index in [2.05, 4.69) is 32.3 Å². The molecule has 88 valence electrons. The Bertz CT molecular complexity index is 356. The maximum absolute atomic E-state index is 12.3. The molecule has 0 aromatic carbocycles. The van der Waals surface area contributed by atoms with Gasteiger partial charge >= 0.3 is 0 Å². The molecule has 16 heavy (non-hydrogen) atoms. The number of carbonyl (C=O) groups is 1. The summed E-state index contributed by atoms with van der Waals surface area (Å²) in [5.74, 6) is 0.792. The smallest absolute Gasteiger partial charge is 0.230 e. The van der Waals surface area contributed by atoms with E-state index in [0.29, 0.717) is 12.5 Å². The molecule has 2 saturated carbocycles. The summed E-state index contributed by atoms with van der Waals surface area (Å²) in [6, 6.07) is 0. The molecule has 1 N–H and O–H groups in total. The number of carbonyl (C=O) groups excluding carboxylic acids is 1. The fraction of sp³-hybridized carbons (Fsp3) is 0.643. The SMILES string of the molecule is C=CCNC(=O)[C@]12CC[C@H](C1)C(C)(C)C2=C. The second-order valence-corrected chi connectivity index (χ2v) is 5.72. The third kappa shape index (κ3) is 1.28. The van der Waals surface area contributed by atoms with Crippen LogP contribution < -0.4 is 5.32 Å². The molecule has 2 rings (SSSR count). The van der Waals surface area contributed by atoms with Crippen molar-refractivity contribution in [2.24, 2.45) is 16.7 Å². The van der Waals surface area contributed by atoms with Crippen LogP contribution in [0.3, 0.4) is 0 Å². The van der Waals surface area contributed by atoms with Crippen molar-refractivity contribution < 1.29 is 4.79 Å². The summed E-state index contributed by atoms with van der Waals surface area (Å²) < 4.78 is 0. The van der Waals surface area contributed by atoms with E-state index in [-0.39, 0.29) is 16.7 Å². The minimum absolute atomic E-state index is 0.129. The number of amides is 1. The van der Waals surface area contributed by atoms with Gasteiger partial charge in [-0.2, -0.15) is 0 Å². The Balaban J connectivity index is 2.23. The molecule has 0 radical (unpaired) electrons. The van der Waals surface area contributed by atoms with Crippen molar-refractivity contribution in [2.75, 3.05) is 6.54 Å². The van der Waals surface area contributed by atoms with Gasteiger partial charge in [-0.3, -0.25) is 4.79 Å². The Morgan fingerprint density at radius 2 is 2.31 bits per heavy atom. The van der Waals surface area contributed by atoms with Crippen molar-refractivity contribution in [3.8, 4) is 0 Å². The molecular weight excluding hydrogens is 198 g/mol. The van der Waals surface area contributed by atoms with Gasteiger partial charge in [-0.1, -0.05) is 32.1 Å². The van der Waals surface area contributed by atoms with E-state index < -0.39 is 0 Å². The first-order valence-corrected chi connectivity index (χ1v) is 6.04. The van der Waals surface area contributed by atoms with Crippen LogP contribution in [-0.2, 0) is 4.79 Å². The zero-order chi connectivity index (χ0) is 12.0. The minimum atomic E-state index is -0.281. The lowest BCUT2D eigenvalue weighted by molar-refractivity contribution is -0.128. The van der Waals surface area contributed by atoms with Gasteiger partial charge in [0.25, 0.3) is 0 Å². The molecule has 2 aliphatic rings. The summed E-state index contributed by atoms with van der Waals surface area (Å²) >= 11 is 0. The number of rotatable bonds is 3. The second kappa shape index (κ2) is 3.47. The monoisotopic (exact) mass is 219 g/mol. The Morgan fingerprint density at radius 3 is 2.81 bits per heavy atom. The third-order valence-electron chi connectivity index (χ3n) is 4.73. The largest absolute Gasteiger partial charge is 0.352 e. The normalized spacial score (nSPS) is 35.1. The van der Waals surface area contributed by atoms with Crippen LogP contribution in [0.15, 0.2) is 24.8 Å². The van der Waals surface area contributed by atoms with E-state index in [1.807, 2.05) is 0 Å². The first-order valence-electron chi connectivity index (χ1n) is 6.04. The van der Waals surface area contributed by atoms with Crippen LogP contribution in [0.2, 0.25) is 0 Å². The van der Waals surface area contributed by atoms with Crippen LogP contribution in [0.1, 0.15) is 33.1 Å². The molecule has 2 fully saturated rings. The van der Waals surface area contributed by atoms with Crippen LogP contribution in [0.4, 0.5) is 0 Å². The summed E-state index contributed by atoms with van der Waals surface area (Å²) in [6.45, 7) is 12.8. The van der Waals surface area contributed by atoms with Gasteiger partial charge in [0.2, 0.25) is 5.91 Å². The van der Waals surface area contributed by atoms with Gasteiger partial charge in [0.15, 0.2) is 0 Å². The summed E-state index contributed by atoms with van der Waals surface area (Å²) in [4.78, 5) is 12.3.